The second-order valence-electron chi connectivity index (χ2n) is 6.09. The fourth-order valence-corrected chi connectivity index (χ4v) is 3.86. The minimum Gasteiger partial charge on any atom is -0.495 e. The van der Waals surface area contributed by atoms with Crippen molar-refractivity contribution in [1.82, 2.24) is 4.31 Å². The van der Waals surface area contributed by atoms with Gasteiger partial charge in [-0.3, -0.25) is 0 Å². The summed E-state index contributed by atoms with van der Waals surface area (Å²) in [7, 11) is -0.689. The number of hydrogen-bond donors (Lipinski definition) is 1. The quantitative estimate of drug-likeness (QED) is 0.816. The first kappa shape index (κ1) is 18.3. The summed E-state index contributed by atoms with van der Waals surface area (Å²) in [6.07, 6.45) is 0. The highest BCUT2D eigenvalue weighted by Crippen LogP contribution is 2.35. The van der Waals surface area contributed by atoms with Crippen molar-refractivity contribution in [1.29, 1.82) is 0 Å². The molecule has 0 aliphatic rings. The number of rotatable bonds is 4. The molecule has 0 aromatic heterocycles. The average molecular weight is 379 g/mol. The maximum atomic E-state index is 12.8. The topological polar surface area (TPSA) is 72.6 Å². The third kappa shape index (κ3) is 3.70. The molecule has 0 saturated heterocycles. The summed E-state index contributed by atoms with van der Waals surface area (Å²) in [5, 5.41) is 0. The van der Waals surface area contributed by atoms with Gasteiger partial charge in [0, 0.05) is 23.2 Å². The zero-order chi connectivity index (χ0) is 16.6. The second kappa shape index (κ2) is 6.14. The number of benzene rings is 1. The molecule has 1 atom stereocenters. The maximum absolute atomic E-state index is 12.8. The number of hydrogen-bond acceptors (Lipinski definition) is 4. The van der Waals surface area contributed by atoms with Crippen molar-refractivity contribution in [3.63, 3.8) is 0 Å². The van der Waals surface area contributed by atoms with E-state index in [4.69, 9.17) is 10.5 Å². The molecular formula is C14H23BrN2O3S. The fraction of sp³-hybridized carbons (Fsp3) is 0.571. The minimum atomic E-state index is -3.70. The summed E-state index contributed by atoms with van der Waals surface area (Å²) in [5.74, 6) is 0.268. The number of nitrogens with zero attached hydrogens (tertiary/aromatic N) is 1. The molecule has 120 valence electrons. The molecule has 0 spiro atoms. The summed E-state index contributed by atoms with van der Waals surface area (Å²) in [6.45, 7) is 7.87. The highest BCUT2D eigenvalue weighted by Gasteiger charge is 2.34. The van der Waals surface area contributed by atoms with Crippen molar-refractivity contribution >= 4 is 31.6 Å². The molecule has 2 N–H and O–H groups in total. The first-order valence-electron chi connectivity index (χ1n) is 6.54. The van der Waals surface area contributed by atoms with E-state index in [1.54, 1.807) is 13.1 Å². The lowest BCUT2D eigenvalue weighted by Gasteiger charge is -2.34. The van der Waals surface area contributed by atoms with Gasteiger partial charge < -0.3 is 10.5 Å². The molecule has 0 radical (unpaired) electrons. The van der Waals surface area contributed by atoms with Gasteiger partial charge in [0.25, 0.3) is 0 Å². The zero-order valence-electron chi connectivity index (χ0n) is 13.3. The minimum absolute atomic E-state index is 0.0734. The van der Waals surface area contributed by atoms with E-state index in [1.807, 2.05) is 27.7 Å². The van der Waals surface area contributed by atoms with Crippen molar-refractivity contribution in [2.75, 3.05) is 19.9 Å². The van der Waals surface area contributed by atoms with Crippen molar-refractivity contribution in [3.05, 3.63) is 16.6 Å². The van der Waals surface area contributed by atoms with Crippen LogP contribution in [0.2, 0.25) is 0 Å². The van der Waals surface area contributed by atoms with Crippen LogP contribution in [0.25, 0.3) is 0 Å². The molecule has 0 bridgehead atoms. The lowest BCUT2D eigenvalue weighted by molar-refractivity contribution is 0.216. The number of nitrogens with two attached hydrogens (primary N) is 1. The van der Waals surface area contributed by atoms with Gasteiger partial charge in [-0.1, -0.05) is 20.8 Å². The van der Waals surface area contributed by atoms with Gasteiger partial charge in [0.05, 0.1) is 7.11 Å². The summed E-state index contributed by atoms with van der Waals surface area (Å²) >= 11 is 3.27. The Morgan fingerprint density at radius 2 is 1.86 bits per heavy atom. The Morgan fingerprint density at radius 3 is 2.29 bits per heavy atom. The van der Waals surface area contributed by atoms with E-state index in [1.165, 1.54) is 17.5 Å². The first-order chi connectivity index (χ1) is 9.42. The van der Waals surface area contributed by atoms with Gasteiger partial charge in [0.15, 0.2) is 0 Å². The van der Waals surface area contributed by atoms with E-state index in [0.29, 0.717) is 10.2 Å². The lowest BCUT2D eigenvalue weighted by atomic mass is 9.88. The van der Waals surface area contributed by atoms with Crippen molar-refractivity contribution < 1.29 is 13.2 Å². The molecule has 21 heavy (non-hydrogen) atoms. The normalized spacial score (nSPS) is 14.3. The second-order valence-corrected chi connectivity index (χ2v) is 8.91. The van der Waals surface area contributed by atoms with E-state index >= 15 is 0 Å². The monoisotopic (exact) mass is 378 g/mol. The number of ether oxygens (including phenoxy) is 1. The Kier molecular flexibility index (Phi) is 5.34. The zero-order valence-corrected chi connectivity index (χ0v) is 15.7. The third-order valence-electron chi connectivity index (χ3n) is 3.74. The Balaban J connectivity index is 3.41. The third-order valence-corrected chi connectivity index (χ3v) is 6.37. The van der Waals surface area contributed by atoms with E-state index in [0.717, 1.165) is 0 Å². The number of nitrogen functional groups attached to an aromatic ring is 1. The van der Waals surface area contributed by atoms with Crippen LogP contribution in [0, 0.1) is 5.41 Å². The molecule has 1 aromatic rings. The summed E-state index contributed by atoms with van der Waals surface area (Å²) in [6, 6.07) is 2.80. The number of methoxy groups -OCH3 is 1. The molecule has 0 aliphatic heterocycles. The van der Waals surface area contributed by atoms with Gasteiger partial charge in [-0.15, -0.1) is 0 Å². The lowest BCUT2D eigenvalue weighted by Crippen LogP contribution is -2.43. The largest absolute Gasteiger partial charge is 0.495 e. The highest BCUT2D eigenvalue weighted by atomic mass is 79.9. The first-order valence-corrected chi connectivity index (χ1v) is 8.77. The summed E-state index contributed by atoms with van der Waals surface area (Å²) in [4.78, 5) is 0.0734. The van der Waals surface area contributed by atoms with Crippen LogP contribution >= 0.6 is 15.9 Å². The van der Waals surface area contributed by atoms with Gasteiger partial charge in [0.2, 0.25) is 10.0 Å². The number of anilines is 1. The van der Waals surface area contributed by atoms with Gasteiger partial charge in [-0.05, 0) is 40.4 Å². The predicted molar refractivity (Wildman–Crippen MR) is 89.0 cm³/mol. The molecule has 0 heterocycles. The Labute approximate surface area is 135 Å². The smallest absolute Gasteiger partial charge is 0.246 e. The van der Waals surface area contributed by atoms with Crippen LogP contribution < -0.4 is 10.5 Å². The molecular weight excluding hydrogens is 356 g/mol. The highest BCUT2D eigenvalue weighted by molar-refractivity contribution is 9.10. The molecule has 5 nitrogen and oxygen atoms in total. The molecule has 1 unspecified atom stereocenters. The Hall–Kier alpha value is -0.790. The molecule has 1 aromatic carbocycles. The fourth-order valence-electron chi connectivity index (χ4n) is 1.82. The maximum Gasteiger partial charge on any atom is 0.246 e. The van der Waals surface area contributed by atoms with E-state index in [9.17, 15) is 8.42 Å². The molecule has 0 saturated carbocycles. The molecule has 7 heteroatoms. The van der Waals surface area contributed by atoms with Crippen LogP contribution in [0.3, 0.4) is 0 Å². The van der Waals surface area contributed by atoms with Crippen LogP contribution in [0.5, 0.6) is 5.75 Å². The van der Waals surface area contributed by atoms with Crippen LogP contribution in [0.4, 0.5) is 5.69 Å². The number of sulfonamides is 1. The standard InChI is InChI=1S/C14H23BrN2O3S/c1-9(14(2,3)4)17(5)21(18,19)13-8-11(16)10(15)7-12(13)20-6/h7-9H,16H2,1-6H3. The van der Waals surface area contributed by atoms with Crippen LogP contribution in [-0.2, 0) is 10.0 Å². The van der Waals surface area contributed by atoms with E-state index in [-0.39, 0.29) is 22.1 Å². The molecule has 0 amide bonds. The van der Waals surface area contributed by atoms with E-state index < -0.39 is 10.0 Å². The summed E-state index contributed by atoms with van der Waals surface area (Å²) < 4.78 is 32.8. The van der Waals surface area contributed by atoms with E-state index in [2.05, 4.69) is 15.9 Å². The Morgan fingerprint density at radius 1 is 1.33 bits per heavy atom. The van der Waals surface area contributed by atoms with Crippen LogP contribution in [-0.4, -0.2) is 32.9 Å². The van der Waals surface area contributed by atoms with Gasteiger partial charge >= 0.3 is 0 Å². The van der Waals surface area contributed by atoms with Gasteiger partial charge in [-0.2, -0.15) is 4.31 Å². The molecule has 0 aliphatic carbocycles. The van der Waals surface area contributed by atoms with Crippen molar-refractivity contribution in [2.45, 2.75) is 38.6 Å². The van der Waals surface area contributed by atoms with Gasteiger partial charge in [0.1, 0.15) is 10.6 Å². The van der Waals surface area contributed by atoms with Crippen LogP contribution in [0.1, 0.15) is 27.7 Å². The van der Waals surface area contributed by atoms with Gasteiger partial charge in [-0.25, -0.2) is 8.42 Å². The average Bonchev–Trinajstić information content (AvgIpc) is 2.38. The molecule has 0 fully saturated rings. The Bertz CT molecular complexity index is 624. The van der Waals surface area contributed by atoms with Crippen LogP contribution in [0.15, 0.2) is 21.5 Å². The number of halogens is 1. The predicted octanol–water partition coefficient (Wildman–Crippen LogP) is 3.10. The van der Waals surface area contributed by atoms with Crippen molar-refractivity contribution in [2.24, 2.45) is 5.41 Å². The SMILES string of the molecule is COc1cc(Br)c(N)cc1S(=O)(=O)N(C)C(C)C(C)(C)C. The molecule has 1 rings (SSSR count). The summed E-state index contributed by atoms with van der Waals surface area (Å²) in [5.41, 5.74) is 5.99. The van der Waals surface area contributed by atoms with Crippen molar-refractivity contribution in [3.8, 4) is 5.75 Å².